The van der Waals surface area contributed by atoms with Crippen LogP contribution in [-0.4, -0.2) is 56.6 Å². The van der Waals surface area contributed by atoms with Gasteiger partial charge in [0.05, 0.1) is 6.54 Å². The lowest BCUT2D eigenvalue weighted by atomic mass is 10.7. The first kappa shape index (κ1) is 15.4. The highest BCUT2D eigenvalue weighted by molar-refractivity contribution is 7.91. The number of nitrogens with one attached hydrogen (secondary N) is 1. The summed E-state index contributed by atoms with van der Waals surface area (Å²) in [5.74, 6) is 2.23. The quantitative estimate of drug-likeness (QED) is 0.601. The van der Waals surface area contributed by atoms with Gasteiger partial charge in [0, 0.05) is 21.1 Å². The normalized spacial score (nSPS) is 11.1. The second-order valence-corrected chi connectivity index (χ2v) is 6.60. The molecular formula is C9H13N5O3S2. The van der Waals surface area contributed by atoms with Crippen LogP contribution in [0.25, 0.3) is 0 Å². The van der Waals surface area contributed by atoms with Crippen molar-refractivity contribution in [3.8, 4) is 12.3 Å². The molecule has 0 unspecified atom stereocenters. The molecule has 0 aliphatic rings. The van der Waals surface area contributed by atoms with Crippen molar-refractivity contribution in [1.29, 1.82) is 0 Å². The molecule has 0 saturated carbocycles. The second kappa shape index (κ2) is 5.96. The summed E-state index contributed by atoms with van der Waals surface area (Å²) in [6.45, 7) is -0.0669. The first-order valence-corrected chi connectivity index (χ1v) is 7.29. The van der Waals surface area contributed by atoms with Crippen molar-refractivity contribution in [3.63, 3.8) is 0 Å². The van der Waals surface area contributed by atoms with E-state index >= 15 is 0 Å². The molecule has 0 bridgehead atoms. The van der Waals surface area contributed by atoms with E-state index in [1.807, 2.05) is 0 Å². The predicted octanol–water partition coefficient (Wildman–Crippen LogP) is -0.433. The fourth-order valence-electron chi connectivity index (χ4n) is 1.04. The molecule has 0 fully saturated rings. The van der Waals surface area contributed by atoms with Gasteiger partial charge >= 0.3 is 6.03 Å². The molecule has 0 aliphatic carbocycles. The summed E-state index contributed by atoms with van der Waals surface area (Å²) in [6, 6.07) is -0.419. The lowest BCUT2D eigenvalue weighted by Gasteiger charge is -2.12. The second-order valence-electron chi connectivity index (χ2n) is 3.43. The molecule has 1 heterocycles. The monoisotopic (exact) mass is 303 g/mol. The van der Waals surface area contributed by atoms with Crippen LogP contribution in [0, 0.1) is 12.3 Å². The number of terminal acetylenes is 1. The van der Waals surface area contributed by atoms with Gasteiger partial charge in [0.15, 0.2) is 0 Å². The third-order valence-electron chi connectivity index (χ3n) is 2.15. The predicted molar refractivity (Wildman–Crippen MR) is 71.4 cm³/mol. The van der Waals surface area contributed by atoms with E-state index in [-0.39, 0.29) is 16.0 Å². The largest absolute Gasteiger partial charge is 0.341 e. The van der Waals surface area contributed by atoms with Crippen molar-refractivity contribution < 1.29 is 13.2 Å². The maximum atomic E-state index is 12.0. The van der Waals surface area contributed by atoms with Crippen LogP contribution in [0.3, 0.4) is 0 Å². The zero-order valence-corrected chi connectivity index (χ0v) is 12.2. The number of carbonyl (C=O) groups excluding carboxylic acids is 1. The highest BCUT2D eigenvalue weighted by Crippen LogP contribution is 2.24. The maximum Gasteiger partial charge on any atom is 0.323 e. The van der Waals surface area contributed by atoms with Crippen molar-refractivity contribution in [1.82, 2.24) is 19.8 Å². The summed E-state index contributed by atoms with van der Waals surface area (Å²) in [5, 5.41) is 9.81. The standard InChI is InChI=1S/C9H13N5O3S2/c1-5-6-13(3)19(16,17)9-12-11-8(18-9)14(4)7(15)10-2/h1H,6H2,2-4H3,(H,10,15). The molecule has 104 valence electrons. The summed E-state index contributed by atoms with van der Waals surface area (Å²) >= 11 is 0.790. The lowest BCUT2D eigenvalue weighted by Crippen LogP contribution is -2.34. The first-order valence-electron chi connectivity index (χ1n) is 5.03. The van der Waals surface area contributed by atoms with E-state index in [0.717, 1.165) is 20.5 Å². The number of carbonyl (C=O) groups is 1. The van der Waals surface area contributed by atoms with Crippen molar-refractivity contribution >= 4 is 32.5 Å². The van der Waals surface area contributed by atoms with Gasteiger partial charge in [-0.25, -0.2) is 13.2 Å². The Hall–Kier alpha value is -1.70. The van der Waals surface area contributed by atoms with Gasteiger partial charge in [-0.05, 0) is 0 Å². The molecule has 19 heavy (non-hydrogen) atoms. The van der Waals surface area contributed by atoms with Gasteiger partial charge in [-0.1, -0.05) is 17.3 Å². The van der Waals surface area contributed by atoms with Crippen molar-refractivity contribution in [2.24, 2.45) is 0 Å². The molecule has 1 aromatic heterocycles. The Balaban J connectivity index is 3.04. The number of hydrogen-bond donors (Lipinski definition) is 1. The first-order chi connectivity index (χ1) is 8.84. The van der Waals surface area contributed by atoms with Gasteiger partial charge < -0.3 is 5.32 Å². The molecule has 0 radical (unpaired) electrons. The molecule has 8 nitrogen and oxygen atoms in total. The van der Waals surface area contributed by atoms with Crippen molar-refractivity contribution in [2.45, 2.75) is 4.34 Å². The average Bonchev–Trinajstić information content (AvgIpc) is 2.87. The van der Waals surface area contributed by atoms with E-state index in [0.29, 0.717) is 0 Å². The van der Waals surface area contributed by atoms with E-state index in [1.165, 1.54) is 21.1 Å². The van der Waals surface area contributed by atoms with Crippen molar-refractivity contribution in [3.05, 3.63) is 0 Å². The van der Waals surface area contributed by atoms with Crippen LogP contribution in [0.5, 0.6) is 0 Å². The van der Waals surface area contributed by atoms with Gasteiger partial charge in [0.2, 0.25) is 9.47 Å². The molecule has 2 amide bonds. The molecule has 0 aromatic carbocycles. The third-order valence-corrected chi connectivity index (χ3v) is 5.30. The van der Waals surface area contributed by atoms with E-state index in [1.54, 1.807) is 0 Å². The minimum absolute atomic E-state index is 0.0669. The van der Waals surface area contributed by atoms with Crippen LogP contribution in [0.2, 0.25) is 0 Å². The SMILES string of the molecule is C#CCN(C)S(=O)(=O)c1nnc(N(C)C(=O)NC)s1. The summed E-state index contributed by atoms with van der Waals surface area (Å²) in [5.41, 5.74) is 0. The van der Waals surface area contributed by atoms with E-state index < -0.39 is 16.1 Å². The molecule has 10 heteroatoms. The van der Waals surface area contributed by atoms with Gasteiger partial charge in [0.1, 0.15) is 0 Å². The Labute approximate surface area is 115 Å². The fraction of sp³-hybridized carbons (Fsp3) is 0.444. The molecule has 0 spiro atoms. The Morgan fingerprint density at radius 2 is 2.11 bits per heavy atom. The Morgan fingerprint density at radius 1 is 1.47 bits per heavy atom. The van der Waals surface area contributed by atoms with Crippen LogP contribution in [0.1, 0.15) is 0 Å². The van der Waals surface area contributed by atoms with Crippen molar-refractivity contribution in [2.75, 3.05) is 32.6 Å². The van der Waals surface area contributed by atoms with E-state index in [4.69, 9.17) is 6.42 Å². The van der Waals surface area contributed by atoms with Crippen LogP contribution in [0.4, 0.5) is 9.93 Å². The van der Waals surface area contributed by atoms with E-state index in [2.05, 4.69) is 21.4 Å². The number of anilines is 1. The van der Waals surface area contributed by atoms with Crippen LogP contribution >= 0.6 is 11.3 Å². The number of urea groups is 1. The summed E-state index contributed by atoms with van der Waals surface area (Å²) < 4.78 is 24.8. The summed E-state index contributed by atoms with van der Waals surface area (Å²) in [4.78, 5) is 12.5. The Kier molecular flexibility index (Phi) is 4.82. The molecule has 0 atom stereocenters. The third kappa shape index (κ3) is 3.19. The molecule has 0 aliphatic heterocycles. The molecule has 0 saturated heterocycles. The molecule has 1 N–H and O–H groups in total. The van der Waals surface area contributed by atoms with Gasteiger partial charge in [0.25, 0.3) is 10.0 Å². The zero-order chi connectivity index (χ0) is 14.6. The number of sulfonamides is 1. The molecule has 1 rings (SSSR count). The highest BCUT2D eigenvalue weighted by Gasteiger charge is 2.26. The van der Waals surface area contributed by atoms with Crippen LogP contribution in [-0.2, 0) is 10.0 Å². The van der Waals surface area contributed by atoms with Gasteiger partial charge in [-0.15, -0.1) is 16.6 Å². The smallest absolute Gasteiger partial charge is 0.323 e. The number of nitrogens with zero attached hydrogens (tertiary/aromatic N) is 4. The highest BCUT2D eigenvalue weighted by atomic mass is 32.2. The number of aromatic nitrogens is 2. The van der Waals surface area contributed by atoms with E-state index in [9.17, 15) is 13.2 Å². The van der Waals surface area contributed by atoms with Crippen LogP contribution < -0.4 is 10.2 Å². The number of hydrogen-bond acceptors (Lipinski definition) is 6. The van der Waals surface area contributed by atoms with Gasteiger partial charge in [-0.2, -0.15) is 4.31 Å². The average molecular weight is 303 g/mol. The summed E-state index contributed by atoms with van der Waals surface area (Å²) in [6.07, 6.45) is 5.07. The summed E-state index contributed by atoms with van der Waals surface area (Å²) in [7, 11) is 0.493. The Morgan fingerprint density at radius 3 is 2.63 bits per heavy atom. The Bertz CT molecular complexity index is 604. The number of amides is 2. The van der Waals surface area contributed by atoms with Gasteiger partial charge in [-0.3, -0.25) is 4.90 Å². The minimum Gasteiger partial charge on any atom is -0.341 e. The zero-order valence-electron chi connectivity index (χ0n) is 10.6. The molecule has 1 aromatic rings. The topological polar surface area (TPSA) is 95.5 Å². The lowest BCUT2D eigenvalue weighted by molar-refractivity contribution is 0.249. The fourth-order valence-corrected chi connectivity index (χ4v) is 3.26. The maximum absolute atomic E-state index is 12.0. The number of rotatable bonds is 4. The van der Waals surface area contributed by atoms with Crippen LogP contribution in [0.15, 0.2) is 4.34 Å². The molecular weight excluding hydrogens is 290 g/mol. The minimum atomic E-state index is -3.77.